The molecule has 0 amide bonds. The molecule has 0 aliphatic carbocycles. The van der Waals surface area contributed by atoms with Crippen LogP contribution in [-0.2, 0) is 16.5 Å². The first-order valence-corrected chi connectivity index (χ1v) is 11.9. The standard InChI is InChI=1S/C23H32O5S.K/c1-2-3-4-5-6-7-8-9-10-12-19-13-11-14-22(29(25,26)27)23(19)28-21-17-15-20(24)16-18-21;/h11,13-18,24H,2-10,12H2,1H3,(H,25,26,27);/q;+1/p-1. The van der Waals surface area contributed by atoms with Crippen LogP contribution in [0.1, 0.15) is 70.3 Å². The molecule has 0 aliphatic rings. The Morgan fingerprint density at radius 3 is 2.00 bits per heavy atom. The molecule has 0 heterocycles. The summed E-state index contributed by atoms with van der Waals surface area (Å²) < 4.78 is 39.0. The summed E-state index contributed by atoms with van der Waals surface area (Å²) in [4.78, 5) is -0.253. The van der Waals surface area contributed by atoms with Crippen molar-refractivity contribution in [2.75, 3.05) is 0 Å². The van der Waals surface area contributed by atoms with Gasteiger partial charge in [-0.05, 0) is 36.6 Å². The largest absolute Gasteiger partial charge is 1.00 e. The molecule has 160 valence electrons. The van der Waals surface area contributed by atoms with Gasteiger partial charge in [-0.2, -0.15) is 8.42 Å². The second kappa shape index (κ2) is 14.6. The molecule has 0 spiro atoms. The molecule has 0 saturated heterocycles. The molecule has 7 heteroatoms. The van der Waals surface area contributed by atoms with Gasteiger partial charge in [-0.15, -0.1) is 5.75 Å². The van der Waals surface area contributed by atoms with Crippen LogP contribution >= 0.6 is 0 Å². The zero-order valence-corrected chi connectivity index (χ0v) is 22.0. The maximum absolute atomic E-state index is 11.8. The van der Waals surface area contributed by atoms with Gasteiger partial charge in [0.25, 0.3) is 10.1 Å². The summed E-state index contributed by atoms with van der Waals surface area (Å²) in [6.45, 7) is 2.22. The number of hydrogen-bond acceptors (Lipinski definition) is 4. The first kappa shape index (κ1) is 27.6. The molecule has 2 aromatic rings. The molecule has 0 unspecified atom stereocenters. The molecule has 0 aliphatic heterocycles. The summed E-state index contributed by atoms with van der Waals surface area (Å²) in [5, 5.41) is 11.3. The minimum atomic E-state index is -4.42. The number of unbranched alkanes of at least 4 members (excludes halogenated alkanes) is 8. The first-order valence-electron chi connectivity index (χ1n) is 10.5. The van der Waals surface area contributed by atoms with Crippen molar-refractivity contribution in [3.63, 3.8) is 0 Å². The van der Waals surface area contributed by atoms with E-state index in [2.05, 4.69) is 6.92 Å². The second-order valence-corrected chi connectivity index (χ2v) is 8.76. The average molecular weight is 459 g/mol. The Kier molecular flexibility index (Phi) is 13.5. The Bertz CT molecular complexity index is 850. The Balaban J connectivity index is 0.00000450. The van der Waals surface area contributed by atoms with E-state index < -0.39 is 10.1 Å². The maximum Gasteiger partial charge on any atom is 1.00 e. The third-order valence-electron chi connectivity index (χ3n) is 4.93. The van der Waals surface area contributed by atoms with Gasteiger partial charge in [-0.25, -0.2) is 0 Å². The minimum absolute atomic E-state index is 0. The topological polar surface area (TPSA) is 86.7 Å². The smallest absolute Gasteiger partial charge is 0.872 e. The first-order chi connectivity index (χ1) is 13.9. The molecule has 2 aromatic carbocycles. The SMILES string of the molecule is CCCCCCCCCCCc1cccc(S(=O)(=O)O)c1Oc1ccc([O-])cc1.[K+]. The predicted octanol–water partition coefficient (Wildman–Crippen LogP) is 2.88. The van der Waals surface area contributed by atoms with Crippen LogP contribution in [0, 0.1) is 0 Å². The fraction of sp³-hybridized carbons (Fsp3) is 0.478. The molecule has 0 atom stereocenters. The number of benzene rings is 2. The summed E-state index contributed by atoms with van der Waals surface area (Å²) in [6, 6.07) is 10.4. The van der Waals surface area contributed by atoms with Gasteiger partial charge in [-0.3, -0.25) is 4.55 Å². The Labute approximate surface area is 223 Å². The van der Waals surface area contributed by atoms with E-state index in [0.717, 1.165) is 24.8 Å². The van der Waals surface area contributed by atoms with Crippen molar-refractivity contribution in [3.05, 3.63) is 48.0 Å². The zero-order valence-electron chi connectivity index (χ0n) is 18.1. The van der Waals surface area contributed by atoms with Crippen molar-refractivity contribution < 1.29 is 74.2 Å². The zero-order chi connectivity index (χ0) is 21.1. The van der Waals surface area contributed by atoms with E-state index in [9.17, 15) is 18.1 Å². The molecular formula is C23H31KO5S. The monoisotopic (exact) mass is 458 g/mol. The molecule has 0 aromatic heterocycles. The average Bonchev–Trinajstić information content (AvgIpc) is 2.68. The van der Waals surface area contributed by atoms with E-state index in [1.807, 2.05) is 6.07 Å². The molecular weight excluding hydrogens is 427 g/mol. The normalized spacial score (nSPS) is 11.1. The number of ether oxygens (including phenoxy) is 1. The van der Waals surface area contributed by atoms with Crippen LogP contribution in [0.25, 0.3) is 0 Å². The second-order valence-electron chi connectivity index (χ2n) is 7.37. The Hall–Kier alpha value is -0.414. The third kappa shape index (κ3) is 9.81. The van der Waals surface area contributed by atoms with Crippen molar-refractivity contribution in [1.29, 1.82) is 0 Å². The van der Waals surface area contributed by atoms with Crippen LogP contribution in [-0.4, -0.2) is 13.0 Å². The fourth-order valence-corrected chi connectivity index (χ4v) is 3.99. The van der Waals surface area contributed by atoms with Crippen LogP contribution in [0.3, 0.4) is 0 Å². The molecule has 2 rings (SSSR count). The summed E-state index contributed by atoms with van der Waals surface area (Å²) in [7, 11) is -4.42. The van der Waals surface area contributed by atoms with E-state index in [-0.39, 0.29) is 67.8 Å². The predicted molar refractivity (Wildman–Crippen MR) is 113 cm³/mol. The molecule has 0 bridgehead atoms. The van der Waals surface area contributed by atoms with Crippen LogP contribution in [0.4, 0.5) is 0 Å². The molecule has 0 fully saturated rings. The third-order valence-corrected chi connectivity index (χ3v) is 5.81. The van der Waals surface area contributed by atoms with Crippen LogP contribution in [0.5, 0.6) is 17.2 Å². The Morgan fingerprint density at radius 2 is 1.43 bits per heavy atom. The van der Waals surface area contributed by atoms with Gasteiger partial charge in [0.05, 0.1) is 0 Å². The van der Waals surface area contributed by atoms with Gasteiger partial charge >= 0.3 is 51.4 Å². The summed E-state index contributed by atoms with van der Waals surface area (Å²) in [6.07, 6.45) is 11.5. The fourth-order valence-electron chi connectivity index (χ4n) is 3.33. The van der Waals surface area contributed by atoms with Gasteiger partial charge in [0, 0.05) is 0 Å². The van der Waals surface area contributed by atoms with Crippen molar-refractivity contribution in [3.8, 4) is 17.2 Å². The van der Waals surface area contributed by atoms with E-state index in [4.69, 9.17) is 4.74 Å². The van der Waals surface area contributed by atoms with Crippen molar-refractivity contribution >= 4 is 10.1 Å². The van der Waals surface area contributed by atoms with Gasteiger partial charge < -0.3 is 9.84 Å². The Morgan fingerprint density at radius 1 is 0.867 bits per heavy atom. The van der Waals surface area contributed by atoms with Gasteiger partial charge in [0.1, 0.15) is 10.6 Å². The van der Waals surface area contributed by atoms with Crippen LogP contribution in [0.15, 0.2) is 47.4 Å². The number of hydrogen-bond donors (Lipinski definition) is 1. The van der Waals surface area contributed by atoms with Gasteiger partial charge in [0.15, 0.2) is 5.75 Å². The summed E-state index contributed by atoms with van der Waals surface area (Å²) >= 11 is 0. The van der Waals surface area contributed by atoms with E-state index in [1.54, 1.807) is 6.07 Å². The number of para-hydroxylation sites is 1. The van der Waals surface area contributed by atoms with Crippen molar-refractivity contribution in [1.82, 2.24) is 0 Å². The van der Waals surface area contributed by atoms with Crippen molar-refractivity contribution in [2.45, 2.75) is 76.0 Å². The van der Waals surface area contributed by atoms with E-state index in [1.165, 1.54) is 68.9 Å². The molecule has 5 nitrogen and oxygen atoms in total. The quantitative estimate of drug-likeness (QED) is 0.283. The minimum Gasteiger partial charge on any atom is -0.872 e. The van der Waals surface area contributed by atoms with Crippen molar-refractivity contribution in [2.24, 2.45) is 0 Å². The van der Waals surface area contributed by atoms with E-state index >= 15 is 0 Å². The maximum atomic E-state index is 11.8. The summed E-state index contributed by atoms with van der Waals surface area (Å²) in [5.41, 5.74) is 0.731. The number of rotatable bonds is 13. The van der Waals surface area contributed by atoms with Gasteiger partial charge in [-0.1, -0.05) is 82.6 Å². The summed E-state index contributed by atoms with van der Waals surface area (Å²) in [5.74, 6) is 0.331. The molecule has 30 heavy (non-hydrogen) atoms. The van der Waals surface area contributed by atoms with Gasteiger partial charge in [0.2, 0.25) is 0 Å². The number of aryl methyl sites for hydroxylation is 1. The molecule has 0 radical (unpaired) electrons. The molecule has 1 N–H and O–H groups in total. The van der Waals surface area contributed by atoms with Crippen LogP contribution in [0.2, 0.25) is 0 Å². The molecule has 0 saturated carbocycles. The van der Waals surface area contributed by atoms with E-state index in [0.29, 0.717) is 12.2 Å². The van der Waals surface area contributed by atoms with Crippen LogP contribution < -0.4 is 61.2 Å².